The molecule has 0 bridgehead atoms. The Hall–Kier alpha value is -2.18. The van der Waals surface area contributed by atoms with Gasteiger partial charge in [-0.1, -0.05) is 29.4 Å². The Morgan fingerprint density at radius 3 is 2.92 bits per heavy atom. The Labute approximate surface area is 162 Å². The van der Waals surface area contributed by atoms with E-state index in [1.54, 1.807) is 24.4 Å². The summed E-state index contributed by atoms with van der Waals surface area (Å²) >= 11 is 7.63. The minimum absolute atomic E-state index is 0.0104. The molecular formula is C19H20ClN3O2S. The van der Waals surface area contributed by atoms with Gasteiger partial charge in [-0.05, 0) is 43.7 Å². The first kappa shape index (κ1) is 18.6. The van der Waals surface area contributed by atoms with Crippen LogP contribution < -0.4 is 0 Å². The molecule has 0 aliphatic heterocycles. The number of hydrogen-bond donors (Lipinski definition) is 0. The number of nitrogens with zero attached hydrogens (tertiary/aromatic N) is 3. The van der Waals surface area contributed by atoms with E-state index in [1.165, 1.54) is 11.8 Å². The lowest BCUT2D eigenvalue weighted by atomic mass is 10.2. The first-order chi connectivity index (χ1) is 12.5. The second-order valence-corrected chi connectivity index (χ2v) is 7.30. The van der Waals surface area contributed by atoms with Gasteiger partial charge in [0.1, 0.15) is 5.76 Å². The standard InChI is InChI=1S/C19H20ClN3O2S/c1-13-15(20)6-4-7-16(13)23-10-9-21-19(23)26-12-18(24)22(3)14(2)17-8-5-11-25-17/h4-11,14H,12H2,1-3H3. The maximum Gasteiger partial charge on any atom is 0.233 e. The Kier molecular flexibility index (Phi) is 5.74. The summed E-state index contributed by atoms with van der Waals surface area (Å²) in [5.41, 5.74) is 1.94. The van der Waals surface area contributed by atoms with E-state index in [1.807, 2.05) is 54.9 Å². The lowest BCUT2D eigenvalue weighted by Gasteiger charge is -2.23. The van der Waals surface area contributed by atoms with Crippen molar-refractivity contribution in [3.8, 4) is 5.69 Å². The number of benzene rings is 1. The molecule has 0 spiro atoms. The predicted octanol–water partition coefficient (Wildman–Crippen LogP) is 4.74. The minimum Gasteiger partial charge on any atom is -0.467 e. The number of furan rings is 1. The summed E-state index contributed by atoms with van der Waals surface area (Å²) in [7, 11) is 1.78. The first-order valence-electron chi connectivity index (χ1n) is 8.19. The molecule has 0 aliphatic carbocycles. The van der Waals surface area contributed by atoms with Gasteiger partial charge in [0, 0.05) is 24.5 Å². The molecule has 0 saturated heterocycles. The van der Waals surface area contributed by atoms with E-state index < -0.39 is 0 Å². The lowest BCUT2D eigenvalue weighted by molar-refractivity contribution is -0.129. The minimum atomic E-state index is -0.118. The van der Waals surface area contributed by atoms with Gasteiger partial charge < -0.3 is 9.32 Å². The normalized spacial score (nSPS) is 12.2. The molecule has 0 aliphatic rings. The number of aromatic nitrogens is 2. The summed E-state index contributed by atoms with van der Waals surface area (Å²) in [4.78, 5) is 18.6. The fourth-order valence-corrected chi connectivity index (χ4v) is 3.66. The smallest absolute Gasteiger partial charge is 0.233 e. The fourth-order valence-electron chi connectivity index (χ4n) is 2.60. The monoisotopic (exact) mass is 389 g/mol. The van der Waals surface area contributed by atoms with Crippen LogP contribution in [0.1, 0.15) is 24.3 Å². The topological polar surface area (TPSA) is 51.3 Å². The van der Waals surface area contributed by atoms with E-state index in [2.05, 4.69) is 4.98 Å². The second kappa shape index (κ2) is 8.01. The van der Waals surface area contributed by atoms with Crippen LogP contribution in [0.3, 0.4) is 0 Å². The zero-order chi connectivity index (χ0) is 18.7. The zero-order valence-corrected chi connectivity index (χ0v) is 16.4. The molecule has 5 nitrogen and oxygen atoms in total. The number of thioether (sulfide) groups is 1. The summed E-state index contributed by atoms with van der Waals surface area (Å²) in [6, 6.07) is 9.33. The molecular weight excluding hydrogens is 370 g/mol. The van der Waals surface area contributed by atoms with Gasteiger partial charge in [0.15, 0.2) is 5.16 Å². The van der Waals surface area contributed by atoms with Gasteiger partial charge in [-0.3, -0.25) is 9.36 Å². The van der Waals surface area contributed by atoms with Crippen molar-refractivity contribution in [2.75, 3.05) is 12.8 Å². The van der Waals surface area contributed by atoms with Gasteiger partial charge in [0.2, 0.25) is 5.91 Å². The average Bonchev–Trinajstić information content (AvgIpc) is 3.32. The molecule has 136 valence electrons. The highest BCUT2D eigenvalue weighted by molar-refractivity contribution is 7.99. The number of carbonyl (C=O) groups excluding carboxylic acids is 1. The van der Waals surface area contributed by atoms with Gasteiger partial charge >= 0.3 is 0 Å². The van der Waals surface area contributed by atoms with Gasteiger partial charge in [-0.2, -0.15) is 0 Å². The highest BCUT2D eigenvalue weighted by atomic mass is 35.5. The maximum atomic E-state index is 12.5. The van der Waals surface area contributed by atoms with Crippen LogP contribution in [-0.2, 0) is 4.79 Å². The van der Waals surface area contributed by atoms with Gasteiger partial charge in [-0.25, -0.2) is 4.98 Å². The molecule has 1 aromatic carbocycles. The molecule has 1 atom stereocenters. The van der Waals surface area contributed by atoms with Crippen LogP contribution in [0.5, 0.6) is 0 Å². The van der Waals surface area contributed by atoms with Crippen molar-refractivity contribution in [2.24, 2.45) is 0 Å². The molecule has 3 aromatic rings. The van der Waals surface area contributed by atoms with E-state index in [0.717, 1.165) is 22.2 Å². The molecule has 7 heteroatoms. The third-order valence-electron chi connectivity index (χ3n) is 4.36. The number of carbonyl (C=O) groups is 1. The number of rotatable bonds is 6. The predicted molar refractivity (Wildman–Crippen MR) is 104 cm³/mol. The SMILES string of the molecule is Cc1c(Cl)cccc1-n1ccnc1SCC(=O)N(C)C(C)c1ccco1. The Morgan fingerprint density at radius 2 is 2.19 bits per heavy atom. The van der Waals surface area contributed by atoms with Crippen molar-refractivity contribution < 1.29 is 9.21 Å². The highest BCUT2D eigenvalue weighted by Crippen LogP contribution is 2.27. The summed E-state index contributed by atoms with van der Waals surface area (Å²) in [5, 5.41) is 1.46. The van der Waals surface area contributed by atoms with Gasteiger partial charge in [0.25, 0.3) is 0 Å². The number of imidazole rings is 1. The zero-order valence-electron chi connectivity index (χ0n) is 14.8. The van der Waals surface area contributed by atoms with Crippen molar-refractivity contribution in [3.63, 3.8) is 0 Å². The van der Waals surface area contributed by atoms with Crippen molar-refractivity contribution in [1.29, 1.82) is 0 Å². The van der Waals surface area contributed by atoms with Crippen molar-refractivity contribution in [2.45, 2.75) is 25.0 Å². The van der Waals surface area contributed by atoms with E-state index in [4.69, 9.17) is 16.0 Å². The molecule has 3 rings (SSSR count). The summed E-state index contributed by atoms with van der Waals surface area (Å²) in [6.45, 7) is 3.91. The second-order valence-electron chi connectivity index (χ2n) is 5.95. The van der Waals surface area contributed by atoms with E-state index >= 15 is 0 Å². The fraction of sp³-hybridized carbons (Fsp3) is 0.263. The molecule has 2 aromatic heterocycles. The number of hydrogen-bond acceptors (Lipinski definition) is 4. The molecule has 0 fully saturated rings. The first-order valence-corrected chi connectivity index (χ1v) is 9.56. The van der Waals surface area contributed by atoms with Crippen LogP contribution in [0.25, 0.3) is 5.69 Å². The van der Waals surface area contributed by atoms with Crippen molar-refractivity contribution in [3.05, 3.63) is 65.3 Å². The maximum absolute atomic E-state index is 12.5. The third kappa shape index (κ3) is 3.81. The van der Waals surface area contributed by atoms with Crippen LogP contribution in [0, 0.1) is 6.92 Å². The summed E-state index contributed by atoms with van der Waals surface area (Å²) < 4.78 is 7.34. The highest BCUT2D eigenvalue weighted by Gasteiger charge is 2.20. The Balaban J connectivity index is 1.70. The molecule has 1 amide bonds. The van der Waals surface area contributed by atoms with Crippen molar-refractivity contribution in [1.82, 2.24) is 14.5 Å². The number of halogens is 1. The molecule has 26 heavy (non-hydrogen) atoms. The quantitative estimate of drug-likeness (QED) is 0.571. The van der Waals surface area contributed by atoms with Gasteiger partial charge in [0.05, 0.1) is 23.7 Å². The summed E-state index contributed by atoms with van der Waals surface area (Å²) in [6.07, 6.45) is 5.21. The molecule has 1 unspecified atom stereocenters. The van der Waals surface area contributed by atoms with Crippen LogP contribution in [0.4, 0.5) is 0 Å². The lowest BCUT2D eigenvalue weighted by Crippen LogP contribution is -2.30. The molecule has 0 saturated carbocycles. The Bertz CT molecular complexity index is 892. The average molecular weight is 390 g/mol. The van der Waals surface area contributed by atoms with E-state index in [9.17, 15) is 4.79 Å². The molecule has 2 heterocycles. The largest absolute Gasteiger partial charge is 0.467 e. The van der Waals surface area contributed by atoms with Crippen molar-refractivity contribution >= 4 is 29.3 Å². The molecule has 0 radical (unpaired) electrons. The van der Waals surface area contributed by atoms with Crippen LogP contribution in [-0.4, -0.2) is 33.2 Å². The van der Waals surface area contributed by atoms with Crippen LogP contribution >= 0.6 is 23.4 Å². The van der Waals surface area contributed by atoms with E-state index in [-0.39, 0.29) is 17.7 Å². The number of amides is 1. The third-order valence-corrected chi connectivity index (χ3v) is 5.72. The Morgan fingerprint density at radius 1 is 1.38 bits per heavy atom. The summed E-state index contributed by atoms with van der Waals surface area (Å²) in [5.74, 6) is 1.07. The van der Waals surface area contributed by atoms with E-state index in [0.29, 0.717) is 5.02 Å². The molecule has 0 N–H and O–H groups in total. The van der Waals surface area contributed by atoms with Crippen LogP contribution in [0.2, 0.25) is 5.02 Å². The van der Waals surface area contributed by atoms with Gasteiger partial charge in [-0.15, -0.1) is 0 Å². The van der Waals surface area contributed by atoms with Crippen LogP contribution in [0.15, 0.2) is 58.6 Å².